The summed E-state index contributed by atoms with van der Waals surface area (Å²) in [4.78, 5) is 10.0. The van der Waals surface area contributed by atoms with Crippen LogP contribution in [0.25, 0.3) is 0 Å². The van der Waals surface area contributed by atoms with Crippen LogP contribution in [0.15, 0.2) is 0 Å². The van der Waals surface area contributed by atoms with Gasteiger partial charge in [-0.1, -0.05) is 6.92 Å². The van der Waals surface area contributed by atoms with Crippen LogP contribution < -0.4 is 0 Å². The van der Waals surface area contributed by atoms with Crippen LogP contribution in [-0.4, -0.2) is 67.0 Å². The predicted molar refractivity (Wildman–Crippen MR) is 46.1 cm³/mol. The van der Waals surface area contributed by atoms with Crippen LogP contribution in [0.1, 0.15) is 12.8 Å². The molecule has 0 saturated carbocycles. The van der Waals surface area contributed by atoms with Crippen LogP contribution in [0.3, 0.4) is 0 Å². The molecule has 69 valence electrons. The maximum absolute atomic E-state index is 10.4. The van der Waals surface area contributed by atoms with Crippen molar-refractivity contribution in [2.24, 2.45) is 0 Å². The molecule has 0 rings (SSSR count). The molecule has 7 heteroatoms. The third kappa shape index (κ3) is 6.19. The topological polar surface area (TPSA) is 91.7 Å². The van der Waals surface area contributed by atoms with Crippen LogP contribution in [-0.2, 0) is 14.9 Å². The van der Waals surface area contributed by atoms with E-state index in [4.69, 9.17) is 9.66 Å². The van der Waals surface area contributed by atoms with E-state index < -0.39 is 27.8 Å². The van der Waals surface area contributed by atoms with Crippen molar-refractivity contribution in [3.05, 3.63) is 6.92 Å². The van der Waals surface area contributed by atoms with Crippen molar-refractivity contribution in [2.45, 2.75) is 18.1 Å². The van der Waals surface area contributed by atoms with E-state index in [0.717, 1.165) is 0 Å². The van der Waals surface area contributed by atoms with Gasteiger partial charge in [0.15, 0.2) is 0 Å². The van der Waals surface area contributed by atoms with Crippen molar-refractivity contribution in [3.63, 3.8) is 0 Å². The second-order valence-electron chi connectivity index (χ2n) is 2.02. The van der Waals surface area contributed by atoms with Crippen molar-refractivity contribution in [3.8, 4) is 0 Å². The van der Waals surface area contributed by atoms with E-state index in [-0.39, 0.29) is 44.2 Å². The zero-order chi connectivity index (χ0) is 9.07. The number of carboxylic acid groups (broad SMARTS) is 1. The number of aliphatic carboxylic acids is 1. The first-order valence-corrected chi connectivity index (χ1v) is 4.35. The van der Waals surface area contributed by atoms with Crippen LogP contribution in [0.5, 0.6) is 0 Å². The number of rotatable bonds is 4. The fourth-order valence-corrected chi connectivity index (χ4v) is 1.20. The number of carboxylic acids is 1. The Labute approximate surface area is 101 Å². The summed E-state index contributed by atoms with van der Waals surface area (Å²) in [5.74, 6) is -1.27. The van der Waals surface area contributed by atoms with E-state index in [0.29, 0.717) is 0 Å². The third-order valence-electron chi connectivity index (χ3n) is 1.15. The van der Waals surface area contributed by atoms with Gasteiger partial charge >= 0.3 is 43.7 Å². The van der Waals surface area contributed by atoms with Gasteiger partial charge in [-0.3, -0.25) is 9.35 Å². The monoisotopic (exact) mass is 223 g/mol. The summed E-state index contributed by atoms with van der Waals surface area (Å²) in [5, 5.41) is 6.88. The van der Waals surface area contributed by atoms with E-state index in [2.05, 4.69) is 6.92 Å². The molecule has 2 N–H and O–H groups in total. The first kappa shape index (κ1) is 15.1. The molecular weight excluding hydrogens is 212 g/mol. The number of hydrogen-bond acceptors (Lipinski definition) is 3. The number of carbonyl (C=O) groups is 1. The Bertz CT molecular complexity index is 234. The van der Waals surface area contributed by atoms with Gasteiger partial charge in [0, 0.05) is 0 Å². The average Bonchev–Trinajstić information content (AvgIpc) is 1.79. The second-order valence-corrected chi connectivity index (χ2v) is 3.72. The Balaban J connectivity index is 0. The molecule has 1 unspecified atom stereocenters. The van der Waals surface area contributed by atoms with Gasteiger partial charge in [0.1, 0.15) is 0 Å². The maximum atomic E-state index is 10.4. The molecule has 0 aliphatic carbocycles. The Morgan fingerprint density at radius 3 is 2.00 bits per heavy atom. The van der Waals surface area contributed by atoms with Crippen LogP contribution >= 0.6 is 0 Å². The molecule has 1 radical (unpaired) electrons. The quantitative estimate of drug-likeness (QED) is 0.472. The summed E-state index contributed by atoms with van der Waals surface area (Å²) >= 11 is 0. The van der Waals surface area contributed by atoms with Crippen LogP contribution in [0.2, 0.25) is 0 Å². The predicted octanol–water partition coefficient (Wildman–Crippen LogP) is -0.975. The van der Waals surface area contributed by atoms with Crippen molar-refractivity contribution >= 4 is 53.8 Å². The van der Waals surface area contributed by atoms with E-state index in [1.54, 1.807) is 0 Å². The normalized spacial score (nSPS) is 13.2. The molecule has 1 atom stereocenters. The summed E-state index contributed by atoms with van der Waals surface area (Å²) in [7, 11) is -4.25. The van der Waals surface area contributed by atoms with Gasteiger partial charge in [-0.15, -0.1) is 0 Å². The van der Waals surface area contributed by atoms with E-state index >= 15 is 0 Å². The van der Waals surface area contributed by atoms with Gasteiger partial charge in [0.05, 0.1) is 11.7 Å². The SMILES string of the molecule is [CH2]CC(CC(=O)O)S(=O)(=O)O.[CaH2]. The van der Waals surface area contributed by atoms with E-state index in [1.807, 2.05) is 0 Å². The molecule has 0 aliphatic heterocycles. The second kappa shape index (κ2) is 6.15. The first-order chi connectivity index (χ1) is 4.88. The minimum atomic E-state index is -4.25. The van der Waals surface area contributed by atoms with Gasteiger partial charge < -0.3 is 5.11 Å². The van der Waals surface area contributed by atoms with Gasteiger partial charge in [-0.05, 0) is 6.42 Å². The van der Waals surface area contributed by atoms with Crippen molar-refractivity contribution in [1.29, 1.82) is 0 Å². The molecule has 0 bridgehead atoms. The fraction of sp³-hybridized carbons (Fsp3) is 0.600. The summed E-state index contributed by atoms with van der Waals surface area (Å²) < 4.78 is 29.1. The van der Waals surface area contributed by atoms with Gasteiger partial charge in [0.2, 0.25) is 0 Å². The number of hydrogen-bond donors (Lipinski definition) is 2. The summed E-state index contributed by atoms with van der Waals surface area (Å²) in [6, 6.07) is 0. The van der Waals surface area contributed by atoms with E-state index in [9.17, 15) is 13.2 Å². The third-order valence-corrected chi connectivity index (χ3v) is 2.39. The molecule has 0 heterocycles. The molecule has 0 amide bonds. The molecule has 5 nitrogen and oxygen atoms in total. The minimum absolute atomic E-state index is 0. The molecule has 12 heavy (non-hydrogen) atoms. The van der Waals surface area contributed by atoms with Crippen molar-refractivity contribution in [2.75, 3.05) is 0 Å². The Hall–Kier alpha value is 0.640. The Morgan fingerprint density at radius 1 is 1.50 bits per heavy atom. The molecule has 0 spiro atoms. The molecule has 0 aromatic carbocycles. The van der Waals surface area contributed by atoms with Crippen LogP contribution in [0.4, 0.5) is 0 Å². The summed E-state index contributed by atoms with van der Waals surface area (Å²) in [6.45, 7) is 3.20. The van der Waals surface area contributed by atoms with Crippen molar-refractivity contribution in [1.82, 2.24) is 0 Å². The zero-order valence-electron chi connectivity index (χ0n) is 5.73. The summed E-state index contributed by atoms with van der Waals surface area (Å²) in [6.07, 6.45) is -0.756. The average molecular weight is 223 g/mol. The molecule has 0 fully saturated rings. The molecular formula is C5H11CaO5S. The zero-order valence-corrected chi connectivity index (χ0v) is 6.54. The van der Waals surface area contributed by atoms with Gasteiger partial charge in [-0.2, -0.15) is 8.42 Å². The Morgan fingerprint density at radius 2 is 1.92 bits per heavy atom. The van der Waals surface area contributed by atoms with Gasteiger partial charge in [0.25, 0.3) is 10.1 Å². The Kier molecular flexibility index (Phi) is 7.75. The first-order valence-electron chi connectivity index (χ1n) is 2.85. The van der Waals surface area contributed by atoms with Gasteiger partial charge in [-0.25, -0.2) is 0 Å². The van der Waals surface area contributed by atoms with E-state index in [1.165, 1.54) is 0 Å². The molecule has 0 aromatic heterocycles. The fourth-order valence-electron chi connectivity index (χ4n) is 0.551. The molecule has 0 saturated heterocycles. The van der Waals surface area contributed by atoms with Crippen LogP contribution in [0, 0.1) is 6.92 Å². The summed E-state index contributed by atoms with van der Waals surface area (Å²) in [5.41, 5.74) is 0. The molecule has 0 aromatic rings. The molecule has 0 aliphatic rings. The van der Waals surface area contributed by atoms with Crippen molar-refractivity contribution < 1.29 is 22.9 Å². The standard InChI is InChI=1S/C5H9O5S.Ca.2H/c1-2-4(3-5(6)7)11(8,9)10;;;/h4H,1-3H2,(H,6,7)(H,8,9,10);;;.